The van der Waals surface area contributed by atoms with Crippen molar-refractivity contribution in [1.29, 1.82) is 0 Å². The average Bonchev–Trinajstić information content (AvgIpc) is 3.03. The van der Waals surface area contributed by atoms with E-state index in [2.05, 4.69) is 10.1 Å². The summed E-state index contributed by atoms with van der Waals surface area (Å²) >= 11 is 0. The van der Waals surface area contributed by atoms with Gasteiger partial charge in [-0.05, 0) is 24.1 Å². The molecule has 6 heteroatoms. The molecule has 0 saturated carbocycles. The number of nitrogens with two attached hydrogens (primary N) is 1. The fourth-order valence-electron chi connectivity index (χ4n) is 2.82. The van der Waals surface area contributed by atoms with Crippen LogP contribution in [0.5, 0.6) is 0 Å². The molecule has 1 aromatic heterocycles. The Labute approximate surface area is 152 Å². The molecule has 0 saturated heterocycles. The fraction of sp³-hybridized carbons (Fsp3) is 0.300. The maximum atomic E-state index is 14.6. The largest absolute Gasteiger partial charge is 0.380 e. The highest BCUT2D eigenvalue weighted by atomic mass is 19.1. The Kier molecular flexibility index (Phi) is 5.63. The monoisotopic (exact) mass is 354 g/mol. The molecule has 136 valence electrons. The smallest absolute Gasteiger partial charge is 0.218 e. The molecule has 0 amide bonds. The van der Waals surface area contributed by atoms with E-state index in [9.17, 15) is 4.39 Å². The molecule has 3 rings (SSSR count). The third-order valence-corrected chi connectivity index (χ3v) is 4.33. The molecule has 5 nitrogen and oxygen atoms in total. The Hall–Kier alpha value is -2.73. The molecule has 1 atom stereocenters. The summed E-state index contributed by atoms with van der Waals surface area (Å²) in [4.78, 5) is 4.33. The number of hydrogen-bond donors (Lipinski definition) is 1. The number of nitrogen functional groups attached to an aromatic ring is 1. The number of hydrogen-bond acceptors (Lipinski definition) is 4. The molecule has 2 aromatic carbocycles. The maximum absolute atomic E-state index is 14.6. The van der Waals surface area contributed by atoms with Gasteiger partial charge >= 0.3 is 0 Å². The number of rotatable bonds is 7. The third kappa shape index (κ3) is 3.91. The molecule has 0 bridgehead atoms. The summed E-state index contributed by atoms with van der Waals surface area (Å²) in [5.41, 5.74) is 8.17. The van der Waals surface area contributed by atoms with E-state index in [1.165, 1.54) is 0 Å². The van der Waals surface area contributed by atoms with Crippen molar-refractivity contribution in [3.63, 3.8) is 0 Å². The van der Waals surface area contributed by atoms with Crippen molar-refractivity contribution in [2.24, 2.45) is 0 Å². The lowest BCUT2D eigenvalue weighted by atomic mass is 9.96. The van der Waals surface area contributed by atoms with Crippen LogP contribution in [0.15, 0.2) is 48.5 Å². The van der Waals surface area contributed by atoms with Crippen molar-refractivity contribution in [1.82, 2.24) is 14.8 Å². The zero-order valence-electron chi connectivity index (χ0n) is 15.0. The first-order valence-corrected chi connectivity index (χ1v) is 8.73. The molecular weight excluding hydrogens is 331 g/mol. The minimum atomic E-state index is -0.260. The Morgan fingerprint density at radius 3 is 2.65 bits per heavy atom. The van der Waals surface area contributed by atoms with Crippen molar-refractivity contribution in [3.05, 3.63) is 65.7 Å². The van der Waals surface area contributed by atoms with Crippen molar-refractivity contribution in [3.8, 4) is 11.1 Å². The van der Waals surface area contributed by atoms with E-state index in [1.807, 2.05) is 50.2 Å². The summed E-state index contributed by atoms with van der Waals surface area (Å²) in [7, 11) is 0. The van der Waals surface area contributed by atoms with Crippen LogP contribution < -0.4 is 5.73 Å². The van der Waals surface area contributed by atoms with E-state index in [-0.39, 0.29) is 11.7 Å². The standard InChI is InChI=1S/C20H23FN4O/c1-3-26-12-11-25-20(22)23-19(24-25)14(2)16-9-10-17(18(21)13-16)15-7-5-4-6-8-15/h4-10,13-14H,3,11-12H2,1-2H3,(H2,22,23,24). The van der Waals surface area contributed by atoms with Crippen molar-refractivity contribution < 1.29 is 9.13 Å². The molecule has 0 aliphatic carbocycles. The van der Waals surface area contributed by atoms with Crippen molar-refractivity contribution >= 4 is 5.95 Å². The van der Waals surface area contributed by atoms with Crippen LogP contribution in [0.4, 0.5) is 10.3 Å². The number of halogens is 1. The predicted octanol–water partition coefficient (Wildman–Crippen LogP) is 3.85. The van der Waals surface area contributed by atoms with Gasteiger partial charge in [-0.3, -0.25) is 0 Å². The van der Waals surface area contributed by atoms with Crippen LogP contribution in [-0.2, 0) is 11.3 Å². The molecule has 3 aromatic rings. The van der Waals surface area contributed by atoms with Gasteiger partial charge in [0.1, 0.15) is 5.82 Å². The lowest BCUT2D eigenvalue weighted by Crippen LogP contribution is -2.10. The number of aromatic nitrogens is 3. The lowest BCUT2D eigenvalue weighted by Gasteiger charge is -2.11. The molecule has 26 heavy (non-hydrogen) atoms. The van der Waals surface area contributed by atoms with E-state index in [4.69, 9.17) is 10.5 Å². The molecular formula is C20H23FN4O. The topological polar surface area (TPSA) is 66.0 Å². The van der Waals surface area contributed by atoms with Gasteiger partial charge in [0.2, 0.25) is 5.95 Å². The van der Waals surface area contributed by atoms with Gasteiger partial charge in [0.05, 0.1) is 13.2 Å². The highest BCUT2D eigenvalue weighted by Crippen LogP contribution is 2.28. The van der Waals surface area contributed by atoms with Gasteiger partial charge in [-0.2, -0.15) is 10.1 Å². The van der Waals surface area contributed by atoms with Gasteiger partial charge < -0.3 is 10.5 Å². The first kappa shape index (κ1) is 18.1. The molecule has 1 heterocycles. The molecule has 0 spiro atoms. The van der Waals surface area contributed by atoms with E-state index in [1.54, 1.807) is 16.8 Å². The van der Waals surface area contributed by atoms with Gasteiger partial charge in [0, 0.05) is 18.1 Å². The summed E-state index contributed by atoms with van der Waals surface area (Å²) in [5, 5.41) is 4.45. The summed E-state index contributed by atoms with van der Waals surface area (Å²) in [6.07, 6.45) is 0. The first-order chi connectivity index (χ1) is 12.6. The normalized spacial score (nSPS) is 12.3. The second-order valence-corrected chi connectivity index (χ2v) is 6.08. The van der Waals surface area contributed by atoms with Crippen LogP contribution in [0, 0.1) is 5.82 Å². The van der Waals surface area contributed by atoms with Crippen LogP contribution >= 0.6 is 0 Å². The summed E-state index contributed by atoms with van der Waals surface area (Å²) < 4.78 is 21.6. The fourth-order valence-corrected chi connectivity index (χ4v) is 2.82. The maximum Gasteiger partial charge on any atom is 0.218 e. The van der Waals surface area contributed by atoms with Crippen LogP contribution in [0.2, 0.25) is 0 Å². The van der Waals surface area contributed by atoms with Gasteiger partial charge in [-0.15, -0.1) is 0 Å². The second kappa shape index (κ2) is 8.10. The van der Waals surface area contributed by atoms with Crippen molar-refractivity contribution in [2.45, 2.75) is 26.3 Å². The van der Waals surface area contributed by atoms with Crippen LogP contribution in [0.1, 0.15) is 31.2 Å². The molecule has 2 N–H and O–H groups in total. The van der Waals surface area contributed by atoms with Gasteiger partial charge in [0.15, 0.2) is 5.82 Å². The highest BCUT2D eigenvalue weighted by molar-refractivity contribution is 5.64. The summed E-state index contributed by atoms with van der Waals surface area (Å²) in [5.74, 6) is 0.494. The molecule has 0 fully saturated rings. The average molecular weight is 354 g/mol. The summed E-state index contributed by atoms with van der Waals surface area (Å²) in [6, 6.07) is 14.7. The predicted molar refractivity (Wildman–Crippen MR) is 100 cm³/mol. The molecule has 0 radical (unpaired) electrons. The molecule has 1 unspecified atom stereocenters. The van der Waals surface area contributed by atoms with E-state index in [0.29, 0.717) is 37.1 Å². The Balaban J connectivity index is 1.81. The van der Waals surface area contributed by atoms with E-state index >= 15 is 0 Å². The second-order valence-electron chi connectivity index (χ2n) is 6.08. The number of nitrogens with zero attached hydrogens (tertiary/aromatic N) is 3. The SMILES string of the molecule is CCOCCn1nc(C(C)c2ccc(-c3ccccc3)c(F)c2)nc1N. The minimum Gasteiger partial charge on any atom is -0.380 e. The quantitative estimate of drug-likeness (QED) is 0.655. The van der Waals surface area contributed by atoms with Crippen molar-refractivity contribution in [2.75, 3.05) is 18.9 Å². The zero-order chi connectivity index (χ0) is 18.5. The molecule has 0 aliphatic rings. The van der Waals surface area contributed by atoms with E-state index < -0.39 is 0 Å². The van der Waals surface area contributed by atoms with Gasteiger partial charge in [0.25, 0.3) is 0 Å². The lowest BCUT2D eigenvalue weighted by molar-refractivity contribution is 0.136. The molecule has 0 aliphatic heterocycles. The van der Waals surface area contributed by atoms with Crippen LogP contribution in [0.25, 0.3) is 11.1 Å². The first-order valence-electron chi connectivity index (χ1n) is 8.73. The Morgan fingerprint density at radius 1 is 1.19 bits per heavy atom. The minimum absolute atomic E-state index is 0.162. The number of anilines is 1. The Bertz CT molecular complexity index is 864. The Morgan fingerprint density at radius 2 is 1.96 bits per heavy atom. The van der Waals surface area contributed by atoms with Gasteiger partial charge in [-0.1, -0.05) is 49.4 Å². The van der Waals surface area contributed by atoms with Gasteiger partial charge in [-0.25, -0.2) is 9.07 Å². The zero-order valence-corrected chi connectivity index (χ0v) is 15.0. The number of benzene rings is 2. The van der Waals surface area contributed by atoms with Crippen LogP contribution in [0.3, 0.4) is 0 Å². The number of ether oxygens (including phenoxy) is 1. The summed E-state index contributed by atoms with van der Waals surface area (Å²) in [6.45, 7) is 5.59. The van der Waals surface area contributed by atoms with E-state index in [0.717, 1.165) is 11.1 Å². The third-order valence-electron chi connectivity index (χ3n) is 4.33. The van der Waals surface area contributed by atoms with Crippen LogP contribution in [-0.4, -0.2) is 28.0 Å². The highest BCUT2D eigenvalue weighted by Gasteiger charge is 2.17.